The number of nitrogens with zero attached hydrogens (tertiary/aromatic N) is 3. The molecule has 2 N–H and O–H groups in total. The SMILES string of the molecule is CCOc1ccc(Nc2cc(-c3ccncc3)nc(NC(C)(C)C)n2)cc1. The molecule has 6 nitrogen and oxygen atoms in total. The van der Waals surface area contributed by atoms with Crippen LogP contribution in [0.5, 0.6) is 5.75 Å². The summed E-state index contributed by atoms with van der Waals surface area (Å²) in [5, 5.41) is 6.69. The Labute approximate surface area is 160 Å². The third-order valence-corrected chi connectivity index (χ3v) is 3.63. The highest BCUT2D eigenvalue weighted by molar-refractivity contribution is 5.67. The molecular weight excluding hydrogens is 338 g/mol. The van der Waals surface area contributed by atoms with Crippen LogP contribution < -0.4 is 15.4 Å². The minimum atomic E-state index is -0.146. The molecule has 0 bridgehead atoms. The molecule has 2 heterocycles. The van der Waals surface area contributed by atoms with Crippen LogP contribution in [-0.2, 0) is 0 Å². The summed E-state index contributed by atoms with van der Waals surface area (Å²) in [5.41, 5.74) is 2.60. The second-order valence-electron chi connectivity index (χ2n) is 7.16. The van der Waals surface area contributed by atoms with Gasteiger partial charge in [-0.15, -0.1) is 0 Å². The fourth-order valence-electron chi connectivity index (χ4n) is 2.52. The van der Waals surface area contributed by atoms with Crippen LogP contribution in [0, 0.1) is 0 Å². The summed E-state index contributed by atoms with van der Waals surface area (Å²) in [5.74, 6) is 2.14. The Hall–Kier alpha value is -3.15. The summed E-state index contributed by atoms with van der Waals surface area (Å²) in [6.45, 7) is 8.85. The van der Waals surface area contributed by atoms with Crippen molar-refractivity contribution in [3.05, 3.63) is 54.9 Å². The summed E-state index contributed by atoms with van der Waals surface area (Å²) in [6.07, 6.45) is 3.52. The highest BCUT2D eigenvalue weighted by Gasteiger charge is 2.14. The Bertz CT molecular complexity index is 873. The molecule has 0 radical (unpaired) electrons. The number of ether oxygens (including phenoxy) is 1. The average Bonchev–Trinajstić information content (AvgIpc) is 2.63. The molecule has 0 aliphatic rings. The Morgan fingerprint density at radius 3 is 2.30 bits per heavy atom. The lowest BCUT2D eigenvalue weighted by Gasteiger charge is -2.21. The summed E-state index contributed by atoms with van der Waals surface area (Å²) in [7, 11) is 0. The topological polar surface area (TPSA) is 72.0 Å². The van der Waals surface area contributed by atoms with E-state index in [1.807, 2.05) is 49.4 Å². The maximum absolute atomic E-state index is 5.49. The van der Waals surface area contributed by atoms with E-state index in [0.717, 1.165) is 22.7 Å². The zero-order valence-corrected chi connectivity index (χ0v) is 16.2. The lowest BCUT2D eigenvalue weighted by Crippen LogP contribution is -2.27. The molecule has 2 aromatic heterocycles. The van der Waals surface area contributed by atoms with E-state index in [1.54, 1.807) is 12.4 Å². The van der Waals surface area contributed by atoms with Crippen molar-refractivity contribution in [2.45, 2.75) is 33.2 Å². The van der Waals surface area contributed by atoms with Crippen LogP contribution in [-0.4, -0.2) is 27.1 Å². The molecular formula is C21H25N5O. The standard InChI is InChI=1S/C21H25N5O/c1-5-27-17-8-6-16(7-9-17)23-19-14-18(15-10-12-22-13-11-15)24-20(25-19)26-21(2,3)4/h6-14H,5H2,1-4H3,(H2,23,24,25,26). The first-order valence-electron chi connectivity index (χ1n) is 9.00. The Morgan fingerprint density at radius 2 is 1.67 bits per heavy atom. The Kier molecular flexibility index (Phi) is 5.54. The molecule has 0 aliphatic carbocycles. The van der Waals surface area contributed by atoms with Gasteiger partial charge in [0.05, 0.1) is 12.3 Å². The van der Waals surface area contributed by atoms with Crippen LogP contribution in [0.15, 0.2) is 54.9 Å². The van der Waals surface area contributed by atoms with Gasteiger partial charge in [-0.05, 0) is 64.1 Å². The monoisotopic (exact) mass is 363 g/mol. The van der Waals surface area contributed by atoms with Gasteiger partial charge >= 0.3 is 0 Å². The van der Waals surface area contributed by atoms with Gasteiger partial charge in [-0.3, -0.25) is 4.98 Å². The summed E-state index contributed by atoms with van der Waals surface area (Å²) >= 11 is 0. The number of benzene rings is 1. The van der Waals surface area contributed by atoms with Crippen LogP contribution in [0.1, 0.15) is 27.7 Å². The minimum Gasteiger partial charge on any atom is -0.494 e. The van der Waals surface area contributed by atoms with Crippen LogP contribution in [0.4, 0.5) is 17.5 Å². The highest BCUT2D eigenvalue weighted by Crippen LogP contribution is 2.25. The van der Waals surface area contributed by atoms with Crippen LogP contribution in [0.25, 0.3) is 11.3 Å². The van der Waals surface area contributed by atoms with Crippen molar-refractivity contribution in [1.29, 1.82) is 0 Å². The molecule has 0 unspecified atom stereocenters. The molecule has 0 saturated carbocycles. The van der Waals surface area contributed by atoms with E-state index in [2.05, 4.69) is 46.4 Å². The number of hydrogen-bond donors (Lipinski definition) is 2. The molecule has 0 fully saturated rings. The lowest BCUT2D eigenvalue weighted by molar-refractivity contribution is 0.340. The average molecular weight is 363 g/mol. The van der Waals surface area contributed by atoms with Gasteiger partial charge in [0.15, 0.2) is 0 Å². The van der Waals surface area contributed by atoms with Crippen molar-refractivity contribution >= 4 is 17.5 Å². The Balaban J connectivity index is 1.92. The van der Waals surface area contributed by atoms with Crippen molar-refractivity contribution in [2.24, 2.45) is 0 Å². The van der Waals surface area contributed by atoms with Gasteiger partial charge in [0, 0.05) is 35.2 Å². The van der Waals surface area contributed by atoms with E-state index in [1.165, 1.54) is 0 Å². The largest absolute Gasteiger partial charge is 0.494 e. The van der Waals surface area contributed by atoms with Gasteiger partial charge in [0.2, 0.25) is 5.95 Å². The van der Waals surface area contributed by atoms with Crippen molar-refractivity contribution in [2.75, 3.05) is 17.2 Å². The number of hydrogen-bond acceptors (Lipinski definition) is 6. The number of aromatic nitrogens is 3. The number of rotatable bonds is 6. The van der Waals surface area contributed by atoms with Gasteiger partial charge in [0.1, 0.15) is 11.6 Å². The van der Waals surface area contributed by atoms with Crippen LogP contribution in [0.2, 0.25) is 0 Å². The predicted molar refractivity (Wildman–Crippen MR) is 110 cm³/mol. The zero-order chi connectivity index (χ0) is 19.3. The molecule has 27 heavy (non-hydrogen) atoms. The fraction of sp³-hybridized carbons (Fsp3) is 0.286. The maximum Gasteiger partial charge on any atom is 0.225 e. The summed E-state index contributed by atoms with van der Waals surface area (Å²) in [4.78, 5) is 13.4. The molecule has 140 valence electrons. The number of anilines is 3. The van der Waals surface area contributed by atoms with Crippen molar-refractivity contribution in [3.63, 3.8) is 0 Å². The van der Waals surface area contributed by atoms with E-state index in [0.29, 0.717) is 18.4 Å². The number of pyridine rings is 1. The van der Waals surface area contributed by atoms with Crippen LogP contribution in [0.3, 0.4) is 0 Å². The van der Waals surface area contributed by atoms with Gasteiger partial charge in [0.25, 0.3) is 0 Å². The molecule has 0 amide bonds. The van der Waals surface area contributed by atoms with Crippen molar-refractivity contribution in [1.82, 2.24) is 15.0 Å². The molecule has 6 heteroatoms. The molecule has 0 spiro atoms. The normalized spacial score (nSPS) is 11.1. The third-order valence-electron chi connectivity index (χ3n) is 3.63. The van der Waals surface area contributed by atoms with Gasteiger partial charge in [-0.1, -0.05) is 0 Å². The van der Waals surface area contributed by atoms with Gasteiger partial charge in [-0.25, -0.2) is 4.98 Å². The number of nitrogens with one attached hydrogen (secondary N) is 2. The lowest BCUT2D eigenvalue weighted by atomic mass is 10.1. The second-order valence-corrected chi connectivity index (χ2v) is 7.16. The smallest absolute Gasteiger partial charge is 0.225 e. The first kappa shape index (κ1) is 18.6. The summed E-state index contributed by atoms with van der Waals surface area (Å²) < 4.78 is 5.49. The molecule has 3 rings (SSSR count). The van der Waals surface area contributed by atoms with Crippen molar-refractivity contribution < 1.29 is 4.74 Å². The minimum absolute atomic E-state index is 0.146. The van der Waals surface area contributed by atoms with E-state index >= 15 is 0 Å². The van der Waals surface area contributed by atoms with E-state index < -0.39 is 0 Å². The molecule has 0 aliphatic heterocycles. The predicted octanol–water partition coefficient (Wildman–Crippen LogP) is 4.89. The summed E-state index contributed by atoms with van der Waals surface area (Å²) in [6, 6.07) is 13.6. The van der Waals surface area contributed by atoms with E-state index in [9.17, 15) is 0 Å². The third kappa shape index (κ3) is 5.41. The highest BCUT2D eigenvalue weighted by atomic mass is 16.5. The molecule has 3 aromatic rings. The quantitative estimate of drug-likeness (QED) is 0.649. The first-order valence-corrected chi connectivity index (χ1v) is 9.00. The van der Waals surface area contributed by atoms with Gasteiger partial charge in [-0.2, -0.15) is 4.98 Å². The van der Waals surface area contributed by atoms with E-state index in [4.69, 9.17) is 4.74 Å². The molecule has 0 saturated heterocycles. The van der Waals surface area contributed by atoms with Gasteiger partial charge < -0.3 is 15.4 Å². The van der Waals surface area contributed by atoms with Crippen molar-refractivity contribution in [3.8, 4) is 17.0 Å². The molecule has 0 atom stereocenters. The maximum atomic E-state index is 5.49. The van der Waals surface area contributed by atoms with Crippen LogP contribution >= 0.6 is 0 Å². The Morgan fingerprint density at radius 1 is 0.963 bits per heavy atom. The zero-order valence-electron chi connectivity index (χ0n) is 16.2. The fourth-order valence-corrected chi connectivity index (χ4v) is 2.52. The van der Waals surface area contributed by atoms with E-state index in [-0.39, 0.29) is 5.54 Å². The first-order chi connectivity index (χ1) is 12.9. The second kappa shape index (κ2) is 8.03. The molecule has 1 aromatic carbocycles.